The normalized spacial score (nSPS) is 19.6. The van der Waals surface area contributed by atoms with Crippen LogP contribution in [0.3, 0.4) is 0 Å². The number of carboxylic acid groups (broad SMARTS) is 1. The third-order valence-electron chi connectivity index (χ3n) is 10.4. The Labute approximate surface area is 267 Å². The quantitative estimate of drug-likeness (QED) is 0.198. The number of aliphatic hydroxyl groups is 1. The van der Waals surface area contributed by atoms with Crippen molar-refractivity contribution in [2.45, 2.75) is 114 Å². The number of carboxylic acids is 1. The summed E-state index contributed by atoms with van der Waals surface area (Å²) in [6.07, 6.45) is 15.9. The van der Waals surface area contributed by atoms with Gasteiger partial charge < -0.3 is 20.4 Å². The van der Waals surface area contributed by atoms with Crippen LogP contribution in [-0.2, 0) is 10.4 Å². The molecule has 0 amide bonds. The highest BCUT2D eigenvalue weighted by molar-refractivity contribution is 6.11. The maximum Gasteiger partial charge on any atom is 0.340 e. The molecular weight excluding hydrogens is 564 g/mol. The Hall–Kier alpha value is -3.64. The molecule has 4 N–H and O–H groups in total. The highest BCUT2D eigenvalue weighted by atomic mass is 16.4. The first-order chi connectivity index (χ1) is 21.8. The van der Waals surface area contributed by atoms with E-state index in [1.165, 1.54) is 12.8 Å². The van der Waals surface area contributed by atoms with E-state index in [0.717, 1.165) is 94.6 Å². The first-order valence-electron chi connectivity index (χ1n) is 17.0. The number of aliphatic carboxylic acids is 1. The molecule has 1 atom stereocenters. The van der Waals surface area contributed by atoms with Crippen molar-refractivity contribution in [3.05, 3.63) is 94.5 Å². The van der Waals surface area contributed by atoms with E-state index in [2.05, 4.69) is 0 Å². The summed E-state index contributed by atoms with van der Waals surface area (Å²) in [5.41, 5.74) is 1.61. The fourth-order valence-electron chi connectivity index (χ4n) is 8.03. The van der Waals surface area contributed by atoms with Crippen LogP contribution in [0.15, 0.2) is 66.7 Å². The van der Waals surface area contributed by atoms with Gasteiger partial charge in [0, 0.05) is 28.2 Å². The van der Waals surface area contributed by atoms with Crippen molar-refractivity contribution in [2.75, 3.05) is 0 Å². The minimum Gasteiger partial charge on any atom is -0.508 e. The zero-order valence-electron chi connectivity index (χ0n) is 26.3. The molecule has 3 aromatic carbocycles. The molecule has 6 nitrogen and oxygen atoms in total. The fourth-order valence-corrected chi connectivity index (χ4v) is 8.03. The van der Waals surface area contributed by atoms with Crippen LogP contribution in [0, 0.1) is 5.92 Å². The van der Waals surface area contributed by atoms with Crippen molar-refractivity contribution in [3.63, 3.8) is 0 Å². The summed E-state index contributed by atoms with van der Waals surface area (Å²) in [6.45, 7) is 0. The molecule has 0 heterocycles. The summed E-state index contributed by atoms with van der Waals surface area (Å²) in [5, 5.41) is 41.2. The van der Waals surface area contributed by atoms with E-state index >= 15 is 0 Å². The lowest BCUT2D eigenvalue weighted by molar-refractivity contribution is -0.168. The molecule has 6 rings (SSSR count). The molecule has 6 heteroatoms. The second kappa shape index (κ2) is 15.1. The SMILES string of the molecule is O=C(O)C(O)(c1ccccc1)C1CCCCC1.O=C(c1cccc(O)c1C1CCCCC1)c1cccc(O)c1C1CCCCC1. The van der Waals surface area contributed by atoms with E-state index < -0.39 is 11.6 Å². The maximum atomic E-state index is 13.7. The van der Waals surface area contributed by atoms with Crippen LogP contribution >= 0.6 is 0 Å². The molecule has 0 radical (unpaired) electrons. The number of hydrogen-bond donors (Lipinski definition) is 4. The number of rotatable bonds is 7. The Kier molecular flexibility index (Phi) is 11.0. The molecule has 3 saturated carbocycles. The molecule has 3 aliphatic rings. The molecule has 3 fully saturated rings. The predicted octanol–water partition coefficient (Wildman–Crippen LogP) is 8.96. The number of aromatic hydroxyl groups is 2. The molecule has 0 aromatic heterocycles. The summed E-state index contributed by atoms with van der Waals surface area (Å²) >= 11 is 0. The zero-order valence-corrected chi connectivity index (χ0v) is 26.3. The van der Waals surface area contributed by atoms with Gasteiger partial charge in [0.25, 0.3) is 0 Å². The highest BCUT2D eigenvalue weighted by Crippen LogP contribution is 2.43. The number of carbonyl (C=O) groups excluding carboxylic acids is 1. The van der Waals surface area contributed by atoms with Gasteiger partial charge in [0.05, 0.1) is 0 Å². The summed E-state index contributed by atoms with van der Waals surface area (Å²) in [7, 11) is 0. The van der Waals surface area contributed by atoms with E-state index in [4.69, 9.17) is 0 Å². The van der Waals surface area contributed by atoms with Crippen molar-refractivity contribution >= 4 is 11.8 Å². The van der Waals surface area contributed by atoms with Gasteiger partial charge in [-0.25, -0.2) is 4.79 Å². The molecule has 0 bridgehead atoms. The Balaban J connectivity index is 0.000000201. The summed E-state index contributed by atoms with van der Waals surface area (Å²) in [4.78, 5) is 25.1. The lowest BCUT2D eigenvalue weighted by atomic mass is 9.73. The molecule has 240 valence electrons. The largest absolute Gasteiger partial charge is 0.508 e. The average Bonchev–Trinajstić information content (AvgIpc) is 3.09. The number of phenolic OH excluding ortho intramolecular Hbond substituents is 2. The molecule has 3 aliphatic carbocycles. The molecule has 45 heavy (non-hydrogen) atoms. The van der Waals surface area contributed by atoms with Gasteiger partial charge in [-0.05, 0) is 68.1 Å². The topological polar surface area (TPSA) is 115 Å². The van der Waals surface area contributed by atoms with Crippen LogP contribution < -0.4 is 0 Å². The van der Waals surface area contributed by atoms with Gasteiger partial charge in [-0.2, -0.15) is 0 Å². The molecule has 0 aliphatic heterocycles. The van der Waals surface area contributed by atoms with Gasteiger partial charge in [-0.3, -0.25) is 4.79 Å². The van der Waals surface area contributed by atoms with E-state index in [9.17, 15) is 30.0 Å². The smallest absolute Gasteiger partial charge is 0.340 e. The Morgan fingerprint density at radius 2 is 0.978 bits per heavy atom. The standard InChI is InChI=1S/C25H30O3.C14H18O3/c26-21-15-7-13-19(23(21)17-9-3-1-4-10-17)25(28)20-14-8-16-22(27)24(20)18-11-5-2-6-12-18;15-13(16)14(17,11-7-3-1-4-8-11)12-9-5-2-6-10-12/h7-8,13-18,26-27H,1-6,9-12H2;1,3-4,7-8,12,17H,2,5-6,9-10H2,(H,15,16). The Morgan fingerprint density at radius 3 is 1.40 bits per heavy atom. The van der Waals surface area contributed by atoms with Crippen molar-refractivity contribution in [3.8, 4) is 11.5 Å². The zero-order chi connectivity index (χ0) is 31.8. The van der Waals surface area contributed by atoms with Gasteiger partial charge >= 0.3 is 5.97 Å². The van der Waals surface area contributed by atoms with E-state index in [-0.39, 0.29) is 35.0 Å². The van der Waals surface area contributed by atoms with Crippen LogP contribution in [0.5, 0.6) is 11.5 Å². The Bertz CT molecular complexity index is 1360. The van der Waals surface area contributed by atoms with Gasteiger partial charge in [0.2, 0.25) is 0 Å². The van der Waals surface area contributed by atoms with Crippen LogP contribution in [0.4, 0.5) is 0 Å². The Morgan fingerprint density at radius 1 is 0.556 bits per heavy atom. The molecule has 0 spiro atoms. The number of benzene rings is 3. The van der Waals surface area contributed by atoms with E-state index in [1.54, 1.807) is 48.5 Å². The number of hydrogen-bond acceptors (Lipinski definition) is 5. The number of ketones is 1. The average molecular weight is 613 g/mol. The monoisotopic (exact) mass is 612 g/mol. The maximum absolute atomic E-state index is 13.7. The molecule has 1 unspecified atom stereocenters. The first kappa shape index (κ1) is 32.7. The van der Waals surface area contributed by atoms with E-state index in [0.29, 0.717) is 16.7 Å². The second-order valence-electron chi connectivity index (χ2n) is 13.2. The summed E-state index contributed by atoms with van der Waals surface area (Å²) < 4.78 is 0. The summed E-state index contributed by atoms with van der Waals surface area (Å²) in [5.74, 6) is -0.414. The first-order valence-corrected chi connectivity index (χ1v) is 17.0. The van der Waals surface area contributed by atoms with Crippen molar-refractivity contribution < 1.29 is 30.0 Å². The van der Waals surface area contributed by atoms with E-state index in [1.807, 2.05) is 18.2 Å². The van der Waals surface area contributed by atoms with Gasteiger partial charge in [0.1, 0.15) is 11.5 Å². The lowest BCUT2D eigenvalue weighted by Crippen LogP contribution is -2.43. The molecular formula is C39H48O6. The van der Waals surface area contributed by atoms with Crippen LogP contribution in [0.2, 0.25) is 0 Å². The van der Waals surface area contributed by atoms with Gasteiger partial charge in [-0.15, -0.1) is 0 Å². The predicted molar refractivity (Wildman–Crippen MR) is 176 cm³/mol. The number of carbonyl (C=O) groups is 2. The fraction of sp³-hybridized carbons (Fsp3) is 0.487. The minimum absolute atomic E-state index is 0.0621. The van der Waals surface area contributed by atoms with Gasteiger partial charge in [0.15, 0.2) is 11.4 Å². The van der Waals surface area contributed by atoms with Crippen molar-refractivity contribution in [2.24, 2.45) is 5.92 Å². The summed E-state index contributed by atoms with van der Waals surface area (Å²) in [6, 6.07) is 19.4. The van der Waals surface area contributed by atoms with Crippen LogP contribution in [0.1, 0.15) is 141 Å². The third kappa shape index (κ3) is 7.27. The van der Waals surface area contributed by atoms with Crippen LogP contribution in [0.25, 0.3) is 0 Å². The molecule has 0 saturated heterocycles. The van der Waals surface area contributed by atoms with Crippen molar-refractivity contribution in [1.29, 1.82) is 0 Å². The molecule has 3 aromatic rings. The highest BCUT2D eigenvalue weighted by Gasteiger charge is 2.45. The third-order valence-corrected chi connectivity index (χ3v) is 10.4. The lowest BCUT2D eigenvalue weighted by Gasteiger charge is -2.35. The minimum atomic E-state index is -1.72. The van der Waals surface area contributed by atoms with Gasteiger partial charge in [-0.1, -0.05) is 112 Å². The second-order valence-corrected chi connectivity index (χ2v) is 13.2. The number of phenols is 2. The van der Waals surface area contributed by atoms with Crippen LogP contribution in [-0.4, -0.2) is 32.2 Å². The van der Waals surface area contributed by atoms with Crippen molar-refractivity contribution in [1.82, 2.24) is 0 Å².